The molecule has 0 aromatic heterocycles. The lowest BCUT2D eigenvalue weighted by Gasteiger charge is -2.13. The first kappa shape index (κ1) is 18.8. The van der Waals surface area contributed by atoms with Gasteiger partial charge in [0, 0.05) is 5.92 Å². The summed E-state index contributed by atoms with van der Waals surface area (Å²) in [6, 6.07) is 17.0. The van der Waals surface area contributed by atoms with E-state index in [2.05, 4.69) is 19.1 Å². The highest BCUT2D eigenvalue weighted by atomic mass is 16.5. The molecule has 1 unspecified atom stereocenters. The van der Waals surface area contributed by atoms with E-state index in [1.807, 2.05) is 42.5 Å². The molecule has 0 N–H and O–H groups in total. The number of hydrogen-bond donors (Lipinski definition) is 0. The fraction of sp³-hybridized carbons (Fsp3) is 0.318. The third-order valence-electron chi connectivity index (χ3n) is 4.04. The average Bonchev–Trinajstić information content (AvgIpc) is 2.68. The van der Waals surface area contributed by atoms with Gasteiger partial charge in [-0.05, 0) is 36.2 Å². The zero-order chi connectivity index (χ0) is 17.9. The monoisotopic (exact) mass is 338 g/mol. The summed E-state index contributed by atoms with van der Waals surface area (Å²) in [5.41, 5.74) is 1.70. The first-order valence-corrected chi connectivity index (χ1v) is 8.77. The highest BCUT2D eigenvalue weighted by Crippen LogP contribution is 2.16. The van der Waals surface area contributed by atoms with Gasteiger partial charge in [-0.2, -0.15) is 0 Å². The average molecular weight is 338 g/mol. The predicted molar refractivity (Wildman–Crippen MR) is 102 cm³/mol. The fourth-order valence-corrected chi connectivity index (χ4v) is 2.50. The third-order valence-corrected chi connectivity index (χ3v) is 4.04. The summed E-state index contributed by atoms with van der Waals surface area (Å²) in [7, 11) is 1.66. The van der Waals surface area contributed by atoms with Crippen molar-refractivity contribution in [1.82, 2.24) is 0 Å². The van der Waals surface area contributed by atoms with Crippen LogP contribution in [-0.2, 0) is 4.74 Å². The summed E-state index contributed by atoms with van der Waals surface area (Å²) in [4.78, 5) is 12.1. The Morgan fingerprint density at radius 2 is 1.80 bits per heavy atom. The number of carbonyl (C=O) groups excluding carboxylic acids is 1. The number of benzene rings is 2. The molecule has 2 rings (SSSR count). The van der Waals surface area contributed by atoms with Crippen LogP contribution >= 0.6 is 0 Å². The highest BCUT2D eigenvalue weighted by Gasteiger charge is 2.10. The van der Waals surface area contributed by atoms with Crippen molar-refractivity contribution >= 4 is 12.0 Å². The number of rotatable bonds is 9. The van der Waals surface area contributed by atoms with Crippen LogP contribution in [0.5, 0.6) is 5.75 Å². The number of unbranched alkanes of at least 4 members (excludes halogenated alkanes) is 1. The van der Waals surface area contributed by atoms with Crippen LogP contribution in [0.1, 0.15) is 42.1 Å². The Kier molecular flexibility index (Phi) is 7.77. The van der Waals surface area contributed by atoms with Crippen LogP contribution in [0.2, 0.25) is 0 Å². The smallest absolute Gasteiger partial charge is 0.338 e. The lowest BCUT2D eigenvalue weighted by Crippen LogP contribution is -2.13. The largest absolute Gasteiger partial charge is 0.497 e. The van der Waals surface area contributed by atoms with Crippen LogP contribution in [0.3, 0.4) is 0 Å². The molecule has 0 heterocycles. The maximum Gasteiger partial charge on any atom is 0.338 e. The molecular formula is C22H26O3. The molecule has 0 saturated carbocycles. The van der Waals surface area contributed by atoms with Gasteiger partial charge in [-0.25, -0.2) is 4.79 Å². The maximum absolute atomic E-state index is 12.1. The van der Waals surface area contributed by atoms with Crippen molar-refractivity contribution in [3.63, 3.8) is 0 Å². The summed E-state index contributed by atoms with van der Waals surface area (Å²) >= 11 is 0. The molecule has 0 aliphatic rings. The molecule has 0 aliphatic carbocycles. The van der Waals surface area contributed by atoms with Crippen molar-refractivity contribution in [2.75, 3.05) is 13.7 Å². The number of hydrogen-bond acceptors (Lipinski definition) is 3. The Labute approximate surface area is 150 Å². The van der Waals surface area contributed by atoms with Gasteiger partial charge < -0.3 is 9.47 Å². The molecule has 0 spiro atoms. The Balaban J connectivity index is 1.95. The molecule has 1 atom stereocenters. The predicted octanol–water partition coefficient (Wildman–Crippen LogP) is 5.37. The van der Waals surface area contributed by atoms with E-state index < -0.39 is 0 Å². The first-order valence-electron chi connectivity index (χ1n) is 8.77. The molecule has 3 nitrogen and oxygen atoms in total. The number of carbonyl (C=O) groups is 1. The number of methoxy groups -OCH3 is 1. The van der Waals surface area contributed by atoms with Crippen molar-refractivity contribution in [3.8, 4) is 5.75 Å². The summed E-state index contributed by atoms with van der Waals surface area (Å²) in [6.07, 6.45) is 7.46. The van der Waals surface area contributed by atoms with Gasteiger partial charge in [-0.3, -0.25) is 0 Å². The van der Waals surface area contributed by atoms with E-state index in [9.17, 15) is 4.79 Å². The molecular weight excluding hydrogens is 312 g/mol. The second-order valence-corrected chi connectivity index (χ2v) is 6.00. The van der Waals surface area contributed by atoms with E-state index in [0.717, 1.165) is 30.6 Å². The van der Waals surface area contributed by atoms with Crippen LogP contribution < -0.4 is 4.74 Å². The Morgan fingerprint density at radius 3 is 2.44 bits per heavy atom. The van der Waals surface area contributed by atoms with Crippen molar-refractivity contribution in [3.05, 3.63) is 71.8 Å². The van der Waals surface area contributed by atoms with Crippen LogP contribution in [0, 0.1) is 5.92 Å². The van der Waals surface area contributed by atoms with Crippen LogP contribution in [0.15, 0.2) is 60.7 Å². The SMILES string of the molecule is CCCCC(/C=C/c1ccc(OC)cc1)COC(=O)c1ccccc1. The molecule has 0 bridgehead atoms. The molecule has 2 aromatic rings. The molecule has 0 aliphatic heterocycles. The van der Waals surface area contributed by atoms with Gasteiger partial charge in [0.25, 0.3) is 0 Å². The zero-order valence-corrected chi connectivity index (χ0v) is 15.0. The lowest BCUT2D eigenvalue weighted by molar-refractivity contribution is 0.0459. The molecule has 0 fully saturated rings. The highest BCUT2D eigenvalue weighted by molar-refractivity contribution is 5.89. The normalized spacial score (nSPS) is 12.1. The summed E-state index contributed by atoms with van der Waals surface area (Å²) < 4.78 is 10.7. The first-order chi connectivity index (χ1) is 12.2. The van der Waals surface area contributed by atoms with E-state index in [1.54, 1.807) is 19.2 Å². The molecule has 0 radical (unpaired) electrons. The molecule has 0 saturated heterocycles. The van der Waals surface area contributed by atoms with E-state index >= 15 is 0 Å². The quantitative estimate of drug-likeness (QED) is 0.576. The minimum absolute atomic E-state index is 0.217. The minimum Gasteiger partial charge on any atom is -0.497 e. The van der Waals surface area contributed by atoms with E-state index in [1.165, 1.54) is 0 Å². The Hall–Kier alpha value is -2.55. The Bertz CT molecular complexity index is 659. The summed E-state index contributed by atoms with van der Waals surface area (Å²) in [6.45, 7) is 2.57. The molecule has 3 heteroatoms. The third kappa shape index (κ3) is 6.46. The van der Waals surface area contributed by atoms with E-state index in [4.69, 9.17) is 9.47 Å². The van der Waals surface area contributed by atoms with E-state index in [0.29, 0.717) is 12.2 Å². The minimum atomic E-state index is -0.264. The number of esters is 1. The van der Waals surface area contributed by atoms with Gasteiger partial charge in [-0.1, -0.05) is 62.2 Å². The van der Waals surface area contributed by atoms with Crippen molar-refractivity contribution < 1.29 is 14.3 Å². The zero-order valence-electron chi connectivity index (χ0n) is 15.0. The molecule has 0 amide bonds. The summed E-state index contributed by atoms with van der Waals surface area (Å²) in [5.74, 6) is 0.797. The van der Waals surface area contributed by atoms with Crippen molar-refractivity contribution in [2.24, 2.45) is 5.92 Å². The topological polar surface area (TPSA) is 35.5 Å². The second-order valence-electron chi connectivity index (χ2n) is 6.00. The molecule has 2 aromatic carbocycles. The fourth-order valence-electron chi connectivity index (χ4n) is 2.50. The van der Waals surface area contributed by atoms with E-state index in [-0.39, 0.29) is 11.9 Å². The molecule has 25 heavy (non-hydrogen) atoms. The maximum atomic E-state index is 12.1. The van der Waals surface area contributed by atoms with Crippen molar-refractivity contribution in [2.45, 2.75) is 26.2 Å². The summed E-state index contributed by atoms with van der Waals surface area (Å²) in [5, 5.41) is 0. The lowest BCUT2D eigenvalue weighted by atomic mass is 10.0. The van der Waals surface area contributed by atoms with Gasteiger partial charge in [0.05, 0.1) is 19.3 Å². The van der Waals surface area contributed by atoms with Crippen molar-refractivity contribution in [1.29, 1.82) is 0 Å². The van der Waals surface area contributed by atoms with Gasteiger partial charge in [-0.15, -0.1) is 0 Å². The molecule has 132 valence electrons. The van der Waals surface area contributed by atoms with Crippen LogP contribution in [0.4, 0.5) is 0 Å². The van der Waals surface area contributed by atoms with Gasteiger partial charge in [0.2, 0.25) is 0 Å². The van der Waals surface area contributed by atoms with Gasteiger partial charge in [0.15, 0.2) is 0 Å². The van der Waals surface area contributed by atoms with Crippen LogP contribution in [0.25, 0.3) is 6.08 Å². The second kappa shape index (κ2) is 10.3. The Morgan fingerprint density at radius 1 is 1.08 bits per heavy atom. The number of ether oxygens (including phenoxy) is 2. The standard InChI is InChI=1S/C22H26O3/c1-3-4-8-19(12-11-18-13-15-21(24-2)16-14-18)17-25-22(23)20-9-6-5-7-10-20/h5-7,9-16,19H,3-4,8,17H2,1-2H3/b12-11+. The van der Waals surface area contributed by atoms with Gasteiger partial charge >= 0.3 is 5.97 Å². The van der Waals surface area contributed by atoms with Gasteiger partial charge in [0.1, 0.15) is 5.75 Å². The van der Waals surface area contributed by atoms with Crippen LogP contribution in [-0.4, -0.2) is 19.7 Å².